The molecular weight excluding hydrogens is 452 g/mol. The highest BCUT2D eigenvalue weighted by Crippen LogP contribution is 2.36. The average molecular weight is 483 g/mol. The molecule has 180 valence electrons. The molecule has 0 saturated carbocycles. The molecule has 2 fully saturated rings. The van der Waals surface area contributed by atoms with Crippen LogP contribution in [0.4, 0.5) is 11.5 Å². The lowest BCUT2D eigenvalue weighted by Gasteiger charge is -2.37. The van der Waals surface area contributed by atoms with Gasteiger partial charge >= 0.3 is 0 Å². The van der Waals surface area contributed by atoms with Gasteiger partial charge in [-0.25, -0.2) is 15.0 Å². The first kappa shape index (κ1) is 22.9. The van der Waals surface area contributed by atoms with Crippen LogP contribution in [0.5, 0.6) is 0 Å². The van der Waals surface area contributed by atoms with Crippen molar-refractivity contribution < 1.29 is 14.3 Å². The van der Waals surface area contributed by atoms with E-state index in [2.05, 4.69) is 43.0 Å². The zero-order chi connectivity index (χ0) is 23.3. The van der Waals surface area contributed by atoms with Gasteiger partial charge in [0.25, 0.3) is 0 Å². The molecule has 4 heterocycles. The van der Waals surface area contributed by atoms with Gasteiger partial charge in [-0.15, -0.1) is 11.3 Å². The third-order valence-electron chi connectivity index (χ3n) is 6.50. The van der Waals surface area contributed by atoms with E-state index in [1.54, 1.807) is 23.9 Å². The number of primary amides is 1. The van der Waals surface area contributed by atoms with Crippen molar-refractivity contribution in [1.29, 1.82) is 0 Å². The number of fused-ring (bicyclic) bond motifs is 1. The highest BCUT2D eigenvalue weighted by atomic mass is 32.1. The van der Waals surface area contributed by atoms with Gasteiger partial charge < -0.3 is 25.0 Å². The van der Waals surface area contributed by atoms with Crippen molar-refractivity contribution in [3.05, 3.63) is 41.1 Å². The second-order valence-corrected chi connectivity index (χ2v) is 9.65. The number of thiazole rings is 1. The fraction of sp³-hybridized carbons (Fsp3) is 0.500. The zero-order valence-corrected chi connectivity index (χ0v) is 20.0. The molecule has 2 saturated heterocycles. The Balaban J connectivity index is 1.36. The van der Waals surface area contributed by atoms with Crippen molar-refractivity contribution in [1.82, 2.24) is 15.0 Å². The van der Waals surface area contributed by atoms with E-state index in [4.69, 9.17) is 15.2 Å². The third kappa shape index (κ3) is 5.13. The lowest BCUT2D eigenvalue weighted by atomic mass is 9.92. The molecule has 1 aromatic carbocycles. The summed E-state index contributed by atoms with van der Waals surface area (Å²) in [6, 6.07) is 6.45. The topological polar surface area (TPSA) is 107 Å². The number of nitrogens with zero attached hydrogens (tertiary/aromatic N) is 5. The monoisotopic (exact) mass is 482 g/mol. The number of anilines is 2. The van der Waals surface area contributed by atoms with Crippen LogP contribution in [0.25, 0.3) is 10.9 Å². The Morgan fingerprint density at radius 2 is 2.09 bits per heavy atom. The fourth-order valence-electron chi connectivity index (χ4n) is 4.82. The van der Waals surface area contributed by atoms with E-state index in [1.165, 1.54) is 5.69 Å². The number of benzene rings is 1. The Morgan fingerprint density at radius 1 is 1.21 bits per heavy atom. The minimum Gasteiger partial charge on any atom is -0.378 e. The van der Waals surface area contributed by atoms with Gasteiger partial charge in [0.2, 0.25) is 5.91 Å². The van der Waals surface area contributed by atoms with E-state index in [9.17, 15) is 4.79 Å². The molecule has 0 spiro atoms. The SMILES string of the molecule is NC(=O)CCOC(c1nccs1)C1CCCN(c2ncnc3cc(N4CCOCC4)ccc23)C1. The Labute approximate surface area is 202 Å². The Kier molecular flexibility index (Phi) is 7.17. The molecule has 2 aliphatic rings. The fourth-order valence-corrected chi connectivity index (χ4v) is 5.60. The van der Waals surface area contributed by atoms with E-state index in [0.717, 1.165) is 74.0 Å². The third-order valence-corrected chi connectivity index (χ3v) is 7.34. The van der Waals surface area contributed by atoms with Gasteiger partial charge in [0, 0.05) is 61.2 Å². The van der Waals surface area contributed by atoms with Crippen LogP contribution < -0.4 is 15.5 Å². The molecule has 5 rings (SSSR count). The maximum atomic E-state index is 11.2. The molecule has 0 bridgehead atoms. The summed E-state index contributed by atoms with van der Waals surface area (Å²) in [5.74, 6) is 0.843. The van der Waals surface area contributed by atoms with E-state index >= 15 is 0 Å². The molecule has 1 amide bonds. The summed E-state index contributed by atoms with van der Waals surface area (Å²) in [7, 11) is 0. The van der Waals surface area contributed by atoms with Gasteiger partial charge in [0.1, 0.15) is 23.3 Å². The smallest absolute Gasteiger partial charge is 0.219 e. The lowest BCUT2D eigenvalue weighted by molar-refractivity contribution is -0.120. The van der Waals surface area contributed by atoms with Gasteiger partial charge in [-0.1, -0.05) is 0 Å². The molecule has 2 aromatic heterocycles. The first-order valence-corrected chi connectivity index (χ1v) is 12.7. The van der Waals surface area contributed by atoms with Crippen molar-refractivity contribution >= 4 is 39.7 Å². The number of carbonyl (C=O) groups is 1. The zero-order valence-electron chi connectivity index (χ0n) is 19.1. The van der Waals surface area contributed by atoms with Crippen molar-refractivity contribution in [2.24, 2.45) is 11.7 Å². The number of nitrogens with two attached hydrogens (primary N) is 1. The minimum atomic E-state index is -0.355. The number of ether oxygens (including phenoxy) is 2. The predicted molar refractivity (Wildman–Crippen MR) is 132 cm³/mol. The molecule has 34 heavy (non-hydrogen) atoms. The van der Waals surface area contributed by atoms with E-state index in [1.807, 2.05) is 5.38 Å². The second kappa shape index (κ2) is 10.6. The maximum absolute atomic E-state index is 11.2. The number of morpholine rings is 1. The predicted octanol–water partition coefficient (Wildman–Crippen LogP) is 2.77. The summed E-state index contributed by atoms with van der Waals surface area (Å²) < 4.78 is 11.7. The summed E-state index contributed by atoms with van der Waals surface area (Å²) in [6.07, 6.45) is 5.56. The van der Waals surface area contributed by atoms with Crippen LogP contribution in [0.3, 0.4) is 0 Å². The van der Waals surface area contributed by atoms with Gasteiger partial charge in [-0.2, -0.15) is 0 Å². The van der Waals surface area contributed by atoms with Crippen LogP contribution in [-0.4, -0.2) is 66.9 Å². The van der Waals surface area contributed by atoms with E-state index in [-0.39, 0.29) is 24.3 Å². The molecule has 2 atom stereocenters. The van der Waals surface area contributed by atoms with Gasteiger partial charge in [0.05, 0.1) is 25.3 Å². The number of hydrogen-bond acceptors (Lipinski definition) is 9. The first-order valence-electron chi connectivity index (χ1n) is 11.8. The number of hydrogen-bond donors (Lipinski definition) is 1. The van der Waals surface area contributed by atoms with Crippen LogP contribution in [0.15, 0.2) is 36.1 Å². The minimum absolute atomic E-state index is 0.164. The standard InChI is InChI=1S/C24H30N6O3S/c25-21(31)5-10-33-22(24-26-6-13-34-24)17-2-1-7-30(15-17)23-19-4-3-18(14-20(19)27-16-28-23)29-8-11-32-12-9-29/h3-4,6,13-14,16-17,22H,1-2,5,7-12,15H2,(H2,25,31). The van der Waals surface area contributed by atoms with E-state index < -0.39 is 0 Å². The highest BCUT2D eigenvalue weighted by molar-refractivity contribution is 7.09. The van der Waals surface area contributed by atoms with Crippen molar-refractivity contribution in [3.8, 4) is 0 Å². The quantitative estimate of drug-likeness (QED) is 0.522. The molecule has 2 unspecified atom stereocenters. The summed E-state index contributed by atoms with van der Waals surface area (Å²) in [5, 5.41) is 3.96. The second-order valence-electron chi connectivity index (χ2n) is 8.72. The summed E-state index contributed by atoms with van der Waals surface area (Å²) >= 11 is 1.59. The Bertz CT molecular complexity index is 1110. The van der Waals surface area contributed by atoms with Crippen molar-refractivity contribution in [2.45, 2.75) is 25.4 Å². The Hall–Kier alpha value is -2.82. The first-order chi connectivity index (χ1) is 16.7. The summed E-state index contributed by atoms with van der Waals surface area (Å²) in [4.78, 5) is 29.7. The molecule has 3 aromatic rings. The number of amides is 1. The van der Waals surface area contributed by atoms with Crippen LogP contribution in [0, 0.1) is 5.92 Å². The Morgan fingerprint density at radius 3 is 2.88 bits per heavy atom. The molecule has 0 aliphatic carbocycles. The molecular formula is C24H30N6O3S. The molecule has 0 radical (unpaired) electrons. The van der Waals surface area contributed by atoms with Gasteiger partial charge in [-0.05, 0) is 31.0 Å². The largest absolute Gasteiger partial charge is 0.378 e. The van der Waals surface area contributed by atoms with Gasteiger partial charge in [-0.3, -0.25) is 4.79 Å². The van der Waals surface area contributed by atoms with Crippen LogP contribution in [-0.2, 0) is 14.3 Å². The van der Waals surface area contributed by atoms with Crippen molar-refractivity contribution in [3.63, 3.8) is 0 Å². The summed E-state index contributed by atoms with van der Waals surface area (Å²) in [5.41, 5.74) is 7.44. The lowest BCUT2D eigenvalue weighted by Crippen LogP contribution is -2.39. The molecule has 2 aliphatic heterocycles. The number of aromatic nitrogens is 3. The average Bonchev–Trinajstić information content (AvgIpc) is 3.41. The molecule has 10 heteroatoms. The number of carbonyl (C=O) groups excluding carboxylic acids is 1. The van der Waals surface area contributed by atoms with Crippen molar-refractivity contribution in [2.75, 3.05) is 55.8 Å². The van der Waals surface area contributed by atoms with Gasteiger partial charge in [0.15, 0.2) is 0 Å². The summed E-state index contributed by atoms with van der Waals surface area (Å²) in [6.45, 7) is 5.33. The molecule has 2 N–H and O–H groups in total. The number of rotatable bonds is 8. The van der Waals surface area contributed by atoms with Crippen LogP contribution >= 0.6 is 11.3 Å². The maximum Gasteiger partial charge on any atom is 0.219 e. The molecule has 9 nitrogen and oxygen atoms in total. The number of piperidine rings is 1. The van der Waals surface area contributed by atoms with E-state index in [0.29, 0.717) is 6.61 Å². The van der Waals surface area contributed by atoms with Crippen LogP contribution in [0.1, 0.15) is 30.4 Å². The van der Waals surface area contributed by atoms with Crippen LogP contribution in [0.2, 0.25) is 0 Å². The normalized spacial score (nSPS) is 19.9. The highest BCUT2D eigenvalue weighted by Gasteiger charge is 2.32.